The number of amides is 1. The zero-order valence-electron chi connectivity index (χ0n) is 14.5. The molecular weight excluding hydrogens is 330 g/mol. The quantitative estimate of drug-likeness (QED) is 0.604. The van der Waals surface area contributed by atoms with E-state index in [9.17, 15) is 4.79 Å². The molecule has 0 aliphatic carbocycles. The van der Waals surface area contributed by atoms with Crippen LogP contribution in [-0.4, -0.2) is 36.4 Å². The Morgan fingerprint density at radius 1 is 1.12 bits per heavy atom. The van der Waals surface area contributed by atoms with E-state index in [0.29, 0.717) is 18.9 Å². The third-order valence-electron chi connectivity index (χ3n) is 4.20. The molecule has 1 atom stereocenters. The first-order valence-electron chi connectivity index (χ1n) is 8.36. The first-order valence-corrected chi connectivity index (χ1v) is 8.36. The molecule has 0 spiro atoms. The van der Waals surface area contributed by atoms with Crippen LogP contribution < -0.4 is 15.4 Å². The van der Waals surface area contributed by atoms with E-state index in [1.807, 2.05) is 60.7 Å². The number of hydrogen-bond acceptors (Lipinski definition) is 4. The molecule has 26 heavy (non-hydrogen) atoms. The molecule has 0 aliphatic rings. The number of anilines is 1. The summed E-state index contributed by atoms with van der Waals surface area (Å²) in [6, 6.07) is 19.4. The number of fused-ring (bicyclic) bond motifs is 1. The molecule has 0 aliphatic heterocycles. The lowest BCUT2D eigenvalue weighted by molar-refractivity contribution is 0.194. The second-order valence-electron chi connectivity index (χ2n) is 5.90. The summed E-state index contributed by atoms with van der Waals surface area (Å²) in [5, 5.41) is 15.6. The van der Waals surface area contributed by atoms with Gasteiger partial charge in [-0.1, -0.05) is 42.5 Å². The van der Waals surface area contributed by atoms with Crippen molar-refractivity contribution in [1.82, 2.24) is 10.3 Å². The van der Waals surface area contributed by atoms with Crippen LogP contribution in [-0.2, 0) is 0 Å². The average molecular weight is 351 g/mol. The first-order chi connectivity index (χ1) is 12.7. The molecule has 3 N–H and O–H groups in total. The molecule has 3 rings (SSSR count). The topological polar surface area (TPSA) is 83.5 Å². The predicted molar refractivity (Wildman–Crippen MR) is 102 cm³/mol. The van der Waals surface area contributed by atoms with Crippen LogP contribution in [0.2, 0.25) is 0 Å². The van der Waals surface area contributed by atoms with Crippen molar-refractivity contribution in [3.63, 3.8) is 0 Å². The maximum Gasteiger partial charge on any atom is 0.404 e. The van der Waals surface area contributed by atoms with Crippen molar-refractivity contribution in [1.29, 1.82) is 0 Å². The minimum Gasteiger partial charge on any atom is -0.496 e. The van der Waals surface area contributed by atoms with E-state index in [-0.39, 0.29) is 5.92 Å². The van der Waals surface area contributed by atoms with Crippen molar-refractivity contribution < 1.29 is 14.6 Å². The largest absolute Gasteiger partial charge is 0.496 e. The van der Waals surface area contributed by atoms with Gasteiger partial charge in [-0.15, -0.1) is 0 Å². The summed E-state index contributed by atoms with van der Waals surface area (Å²) in [5.41, 5.74) is 1.90. The third kappa shape index (κ3) is 4.22. The number of nitrogens with zero attached hydrogens (tertiary/aromatic N) is 1. The number of carboxylic acid groups (broad SMARTS) is 1. The lowest BCUT2D eigenvalue weighted by atomic mass is 9.99. The molecule has 0 radical (unpaired) electrons. The van der Waals surface area contributed by atoms with Gasteiger partial charge in [0.2, 0.25) is 0 Å². The summed E-state index contributed by atoms with van der Waals surface area (Å²) in [5.74, 6) is 1.42. The number of rotatable bonds is 7. The van der Waals surface area contributed by atoms with Crippen molar-refractivity contribution in [2.75, 3.05) is 25.5 Å². The molecule has 134 valence electrons. The molecule has 1 heterocycles. The van der Waals surface area contributed by atoms with Gasteiger partial charge in [-0.3, -0.25) is 0 Å². The van der Waals surface area contributed by atoms with E-state index in [2.05, 4.69) is 15.6 Å². The Bertz CT molecular complexity index is 884. The van der Waals surface area contributed by atoms with Gasteiger partial charge in [-0.25, -0.2) is 9.78 Å². The molecule has 1 unspecified atom stereocenters. The Hall–Kier alpha value is -3.28. The number of hydrogen-bond donors (Lipinski definition) is 3. The van der Waals surface area contributed by atoms with Gasteiger partial charge in [0, 0.05) is 30.5 Å². The Labute approximate surface area is 151 Å². The molecule has 0 saturated carbocycles. The summed E-state index contributed by atoms with van der Waals surface area (Å²) in [6.45, 7) is 0.857. The Balaban J connectivity index is 1.80. The highest BCUT2D eigenvalue weighted by atomic mass is 16.5. The molecule has 0 saturated heterocycles. The summed E-state index contributed by atoms with van der Waals surface area (Å²) in [6.07, 6.45) is -1.03. The van der Waals surface area contributed by atoms with Gasteiger partial charge in [0.1, 0.15) is 11.6 Å². The number of carbonyl (C=O) groups is 1. The van der Waals surface area contributed by atoms with Crippen molar-refractivity contribution in [2.24, 2.45) is 0 Å². The zero-order chi connectivity index (χ0) is 18.4. The molecule has 3 aromatic rings. The summed E-state index contributed by atoms with van der Waals surface area (Å²) in [4.78, 5) is 15.5. The highest BCUT2D eigenvalue weighted by Crippen LogP contribution is 2.27. The SMILES string of the molecule is COc1cc(NCC(CNC(=O)O)c2ccccc2)nc2ccccc12. The van der Waals surface area contributed by atoms with Crippen molar-refractivity contribution in [3.05, 3.63) is 66.2 Å². The number of pyridine rings is 1. The first kappa shape index (κ1) is 17.5. The van der Waals surface area contributed by atoms with Gasteiger partial charge in [0.05, 0.1) is 12.6 Å². The number of benzene rings is 2. The normalized spacial score (nSPS) is 11.7. The van der Waals surface area contributed by atoms with Crippen LogP contribution in [0.25, 0.3) is 10.9 Å². The standard InChI is InChI=1S/C20H21N3O3/c1-26-18-11-19(23-17-10-6-5-9-16(17)18)21-12-15(13-22-20(24)25)14-7-3-2-4-8-14/h2-11,15,22H,12-13H2,1H3,(H,21,23)(H,24,25). The highest BCUT2D eigenvalue weighted by molar-refractivity contribution is 5.86. The second-order valence-corrected chi connectivity index (χ2v) is 5.90. The number of aromatic nitrogens is 1. The third-order valence-corrected chi connectivity index (χ3v) is 4.20. The molecule has 0 bridgehead atoms. The van der Waals surface area contributed by atoms with Crippen LogP contribution in [0.1, 0.15) is 11.5 Å². The fraction of sp³-hybridized carbons (Fsp3) is 0.200. The van der Waals surface area contributed by atoms with E-state index >= 15 is 0 Å². The Kier molecular flexibility index (Phi) is 5.53. The Morgan fingerprint density at radius 3 is 2.58 bits per heavy atom. The number of ether oxygens (including phenoxy) is 1. The Morgan fingerprint density at radius 2 is 1.85 bits per heavy atom. The molecule has 6 nitrogen and oxygen atoms in total. The minimum atomic E-state index is -1.03. The summed E-state index contributed by atoms with van der Waals surface area (Å²) < 4.78 is 5.47. The fourth-order valence-electron chi connectivity index (χ4n) is 2.87. The second kappa shape index (κ2) is 8.20. The van der Waals surface area contributed by atoms with Crippen LogP contribution in [0.5, 0.6) is 5.75 Å². The summed E-state index contributed by atoms with van der Waals surface area (Å²) in [7, 11) is 1.63. The van der Waals surface area contributed by atoms with Crippen LogP contribution in [0, 0.1) is 0 Å². The van der Waals surface area contributed by atoms with Gasteiger partial charge in [0.25, 0.3) is 0 Å². The van der Waals surface area contributed by atoms with E-state index in [4.69, 9.17) is 9.84 Å². The zero-order valence-corrected chi connectivity index (χ0v) is 14.5. The number of para-hydroxylation sites is 1. The van der Waals surface area contributed by atoms with Gasteiger partial charge in [-0.05, 0) is 17.7 Å². The number of nitrogens with one attached hydrogen (secondary N) is 2. The van der Waals surface area contributed by atoms with Crippen LogP contribution in [0.15, 0.2) is 60.7 Å². The molecular formula is C20H21N3O3. The van der Waals surface area contributed by atoms with E-state index in [1.165, 1.54) is 0 Å². The van der Waals surface area contributed by atoms with Crippen molar-refractivity contribution in [2.45, 2.75) is 5.92 Å². The molecule has 6 heteroatoms. The van der Waals surface area contributed by atoms with E-state index < -0.39 is 6.09 Å². The minimum absolute atomic E-state index is 0.0217. The van der Waals surface area contributed by atoms with E-state index in [0.717, 1.165) is 22.2 Å². The number of methoxy groups -OCH3 is 1. The highest BCUT2D eigenvalue weighted by Gasteiger charge is 2.14. The summed E-state index contributed by atoms with van der Waals surface area (Å²) >= 11 is 0. The maximum atomic E-state index is 10.9. The van der Waals surface area contributed by atoms with Gasteiger partial charge < -0.3 is 20.5 Å². The van der Waals surface area contributed by atoms with Crippen LogP contribution in [0.4, 0.5) is 10.6 Å². The smallest absolute Gasteiger partial charge is 0.404 e. The molecule has 0 fully saturated rings. The predicted octanol–water partition coefficient (Wildman–Crippen LogP) is 3.71. The monoisotopic (exact) mass is 351 g/mol. The molecule has 1 aromatic heterocycles. The average Bonchev–Trinajstić information content (AvgIpc) is 2.67. The van der Waals surface area contributed by atoms with Gasteiger partial charge >= 0.3 is 6.09 Å². The van der Waals surface area contributed by atoms with Crippen molar-refractivity contribution in [3.8, 4) is 5.75 Å². The van der Waals surface area contributed by atoms with Crippen LogP contribution >= 0.6 is 0 Å². The van der Waals surface area contributed by atoms with Gasteiger partial charge in [0.15, 0.2) is 0 Å². The maximum absolute atomic E-state index is 10.9. The molecule has 1 amide bonds. The fourth-order valence-corrected chi connectivity index (χ4v) is 2.87. The van der Waals surface area contributed by atoms with Crippen LogP contribution in [0.3, 0.4) is 0 Å². The molecule has 2 aromatic carbocycles. The van der Waals surface area contributed by atoms with Gasteiger partial charge in [-0.2, -0.15) is 0 Å². The van der Waals surface area contributed by atoms with E-state index in [1.54, 1.807) is 7.11 Å². The lowest BCUT2D eigenvalue weighted by Gasteiger charge is -2.19. The van der Waals surface area contributed by atoms with Crippen molar-refractivity contribution >= 4 is 22.8 Å². The lowest BCUT2D eigenvalue weighted by Crippen LogP contribution is -2.30.